The van der Waals surface area contributed by atoms with Crippen molar-refractivity contribution in [2.75, 3.05) is 26.7 Å². The minimum absolute atomic E-state index is 0.0542. The normalized spacial score (nSPS) is 11.1. The fourth-order valence-corrected chi connectivity index (χ4v) is 2.20. The third-order valence-corrected chi connectivity index (χ3v) is 3.57. The molecule has 1 rings (SSSR count). The second-order valence-corrected chi connectivity index (χ2v) is 5.91. The lowest BCUT2D eigenvalue weighted by molar-refractivity contribution is -0.120. The van der Waals surface area contributed by atoms with Gasteiger partial charge in [-0.15, -0.1) is 0 Å². The summed E-state index contributed by atoms with van der Waals surface area (Å²) in [6.45, 7) is 8.77. The number of nitrogens with one attached hydrogen (secondary N) is 3. The van der Waals surface area contributed by atoms with Crippen molar-refractivity contribution in [1.82, 2.24) is 16.0 Å². The average molecular weight is 348 g/mol. The molecule has 0 atom stereocenters. The molecule has 0 aliphatic heterocycles. The van der Waals surface area contributed by atoms with Crippen LogP contribution in [0.2, 0.25) is 0 Å². The molecule has 0 radical (unpaired) electrons. The third-order valence-electron chi connectivity index (χ3n) is 3.57. The Morgan fingerprint density at radius 2 is 1.92 bits per heavy atom. The van der Waals surface area contributed by atoms with Crippen LogP contribution in [-0.2, 0) is 11.3 Å². The van der Waals surface area contributed by atoms with Gasteiger partial charge in [-0.3, -0.25) is 9.79 Å². The van der Waals surface area contributed by atoms with E-state index in [9.17, 15) is 4.79 Å². The van der Waals surface area contributed by atoms with Crippen LogP contribution in [0.15, 0.2) is 23.2 Å². The highest BCUT2D eigenvalue weighted by molar-refractivity contribution is 5.81. The van der Waals surface area contributed by atoms with E-state index >= 15 is 0 Å². The Bertz CT molecular complexity index is 558. The fourth-order valence-electron chi connectivity index (χ4n) is 2.20. The number of hydrogen-bond donors (Lipinski definition) is 3. The number of carbonyl (C=O) groups is 1. The monoisotopic (exact) mass is 348 g/mol. The summed E-state index contributed by atoms with van der Waals surface area (Å²) in [5.74, 6) is 1.63. The van der Waals surface area contributed by atoms with E-state index in [0.29, 0.717) is 32.1 Å². The van der Waals surface area contributed by atoms with Gasteiger partial charge in [-0.25, -0.2) is 0 Å². The summed E-state index contributed by atoms with van der Waals surface area (Å²) in [5, 5.41) is 9.28. The highest BCUT2D eigenvalue weighted by Crippen LogP contribution is 2.20. The molecule has 0 aliphatic rings. The van der Waals surface area contributed by atoms with Gasteiger partial charge in [-0.05, 0) is 31.4 Å². The van der Waals surface area contributed by atoms with Crippen molar-refractivity contribution in [1.29, 1.82) is 0 Å². The van der Waals surface area contributed by atoms with Crippen LogP contribution < -0.4 is 20.7 Å². The Hall–Kier alpha value is -2.24. The lowest BCUT2D eigenvalue weighted by Gasteiger charge is -2.15. The SMILES string of the molecule is CCCNC(=O)CCNC(=NC)NCc1ccc(C)cc1OCCC. The van der Waals surface area contributed by atoms with Crippen molar-refractivity contribution >= 4 is 11.9 Å². The van der Waals surface area contributed by atoms with Crippen molar-refractivity contribution in [3.63, 3.8) is 0 Å². The number of rotatable bonds is 10. The lowest BCUT2D eigenvalue weighted by atomic mass is 10.1. The summed E-state index contributed by atoms with van der Waals surface area (Å²) in [7, 11) is 1.72. The molecule has 0 spiro atoms. The molecule has 0 fully saturated rings. The summed E-state index contributed by atoms with van der Waals surface area (Å²) in [6.07, 6.45) is 2.35. The van der Waals surface area contributed by atoms with Crippen LogP contribution in [0.4, 0.5) is 0 Å². The van der Waals surface area contributed by atoms with Gasteiger partial charge in [0, 0.05) is 38.7 Å². The van der Waals surface area contributed by atoms with Crippen LogP contribution in [0.5, 0.6) is 5.75 Å². The van der Waals surface area contributed by atoms with Gasteiger partial charge in [-0.1, -0.05) is 26.0 Å². The van der Waals surface area contributed by atoms with Crippen molar-refractivity contribution in [2.45, 2.75) is 46.6 Å². The van der Waals surface area contributed by atoms with Crippen molar-refractivity contribution in [2.24, 2.45) is 4.99 Å². The maximum absolute atomic E-state index is 11.6. The predicted octanol–water partition coefficient (Wildman–Crippen LogP) is 2.37. The molecule has 1 amide bonds. The van der Waals surface area contributed by atoms with E-state index in [2.05, 4.69) is 53.0 Å². The summed E-state index contributed by atoms with van der Waals surface area (Å²) >= 11 is 0. The van der Waals surface area contributed by atoms with Crippen LogP contribution in [-0.4, -0.2) is 38.6 Å². The molecule has 1 aromatic carbocycles. The first-order chi connectivity index (χ1) is 12.1. The Morgan fingerprint density at radius 3 is 2.60 bits per heavy atom. The van der Waals surface area contributed by atoms with E-state index < -0.39 is 0 Å². The summed E-state index contributed by atoms with van der Waals surface area (Å²) in [6, 6.07) is 6.20. The Balaban J connectivity index is 2.48. The summed E-state index contributed by atoms with van der Waals surface area (Å²) in [5.41, 5.74) is 2.26. The van der Waals surface area contributed by atoms with Gasteiger partial charge in [-0.2, -0.15) is 0 Å². The van der Waals surface area contributed by atoms with E-state index in [1.165, 1.54) is 5.56 Å². The first-order valence-corrected chi connectivity index (χ1v) is 9.04. The molecule has 0 aliphatic carbocycles. The minimum atomic E-state index is 0.0542. The molecule has 0 unspecified atom stereocenters. The molecule has 6 nitrogen and oxygen atoms in total. The standard InChI is InChI=1S/C19H32N4O2/c1-5-10-21-18(24)9-11-22-19(20-4)23-14-16-8-7-15(3)13-17(16)25-12-6-2/h7-8,13H,5-6,9-12,14H2,1-4H3,(H,21,24)(H2,20,22,23). The van der Waals surface area contributed by atoms with Crippen LogP contribution in [0, 0.1) is 6.92 Å². The minimum Gasteiger partial charge on any atom is -0.493 e. The van der Waals surface area contributed by atoms with Crippen LogP contribution in [0.3, 0.4) is 0 Å². The van der Waals surface area contributed by atoms with E-state index in [1.807, 2.05) is 6.92 Å². The maximum atomic E-state index is 11.6. The molecule has 0 saturated carbocycles. The van der Waals surface area contributed by atoms with Crippen LogP contribution in [0.1, 0.15) is 44.2 Å². The maximum Gasteiger partial charge on any atom is 0.221 e. The smallest absolute Gasteiger partial charge is 0.221 e. The number of aryl methyl sites for hydroxylation is 1. The molecule has 0 heterocycles. The first kappa shape index (κ1) is 20.8. The van der Waals surface area contributed by atoms with Gasteiger partial charge in [0.1, 0.15) is 5.75 Å². The van der Waals surface area contributed by atoms with Gasteiger partial charge < -0.3 is 20.7 Å². The largest absolute Gasteiger partial charge is 0.493 e. The number of guanidine groups is 1. The summed E-state index contributed by atoms with van der Waals surface area (Å²) in [4.78, 5) is 15.8. The molecule has 6 heteroatoms. The van der Waals surface area contributed by atoms with Crippen molar-refractivity contribution in [3.8, 4) is 5.75 Å². The van der Waals surface area contributed by atoms with Crippen LogP contribution >= 0.6 is 0 Å². The van der Waals surface area contributed by atoms with E-state index in [1.54, 1.807) is 7.05 Å². The number of benzene rings is 1. The quantitative estimate of drug-likeness (QED) is 0.448. The Kier molecular flexibility index (Phi) is 10.1. The Morgan fingerprint density at radius 1 is 1.12 bits per heavy atom. The molecule has 1 aromatic rings. The number of aliphatic imine (C=N–C) groups is 1. The number of nitrogens with zero attached hydrogens (tertiary/aromatic N) is 1. The molecule has 25 heavy (non-hydrogen) atoms. The summed E-state index contributed by atoms with van der Waals surface area (Å²) < 4.78 is 5.83. The topological polar surface area (TPSA) is 74.8 Å². The molecule has 140 valence electrons. The lowest BCUT2D eigenvalue weighted by Crippen LogP contribution is -2.39. The number of hydrogen-bond acceptors (Lipinski definition) is 3. The highest BCUT2D eigenvalue weighted by Gasteiger charge is 2.06. The Labute approximate surface area is 151 Å². The molecule has 0 bridgehead atoms. The van der Waals surface area contributed by atoms with Crippen LogP contribution in [0.25, 0.3) is 0 Å². The third kappa shape index (κ3) is 8.42. The van der Waals surface area contributed by atoms with Gasteiger partial charge in [0.25, 0.3) is 0 Å². The molecular formula is C19H32N4O2. The molecule has 0 aromatic heterocycles. The van der Waals surface area contributed by atoms with E-state index in [4.69, 9.17) is 4.74 Å². The first-order valence-electron chi connectivity index (χ1n) is 9.04. The zero-order valence-electron chi connectivity index (χ0n) is 15.9. The van der Waals surface area contributed by atoms with Gasteiger partial charge in [0.05, 0.1) is 6.61 Å². The molecular weight excluding hydrogens is 316 g/mol. The van der Waals surface area contributed by atoms with Gasteiger partial charge in [0.15, 0.2) is 5.96 Å². The number of carbonyl (C=O) groups excluding carboxylic acids is 1. The average Bonchev–Trinajstić information content (AvgIpc) is 2.62. The van der Waals surface area contributed by atoms with Gasteiger partial charge in [0.2, 0.25) is 5.91 Å². The predicted molar refractivity (Wildman–Crippen MR) is 103 cm³/mol. The second-order valence-electron chi connectivity index (χ2n) is 5.91. The van der Waals surface area contributed by atoms with Crippen molar-refractivity contribution < 1.29 is 9.53 Å². The number of ether oxygens (including phenoxy) is 1. The zero-order valence-corrected chi connectivity index (χ0v) is 15.9. The zero-order chi connectivity index (χ0) is 18.5. The fraction of sp³-hybridized carbons (Fsp3) is 0.579. The van der Waals surface area contributed by atoms with Crippen molar-refractivity contribution in [3.05, 3.63) is 29.3 Å². The van der Waals surface area contributed by atoms with E-state index in [0.717, 1.165) is 30.7 Å². The highest BCUT2D eigenvalue weighted by atomic mass is 16.5. The van der Waals surface area contributed by atoms with E-state index in [-0.39, 0.29) is 5.91 Å². The molecule has 3 N–H and O–H groups in total. The second kappa shape index (κ2) is 12.2. The van der Waals surface area contributed by atoms with Gasteiger partial charge >= 0.3 is 0 Å². The number of amides is 1. The molecule has 0 saturated heterocycles.